The van der Waals surface area contributed by atoms with Crippen LogP contribution in [0.25, 0.3) is 6.08 Å². The van der Waals surface area contributed by atoms with Gasteiger partial charge in [0.1, 0.15) is 6.54 Å². The summed E-state index contributed by atoms with van der Waals surface area (Å²) in [5, 5.41) is 9.02. The smallest absolute Gasteiger partial charge is 0.333 e. The van der Waals surface area contributed by atoms with Crippen LogP contribution in [-0.4, -0.2) is 30.1 Å². The second-order valence-electron chi connectivity index (χ2n) is 4.00. The maximum atomic E-state index is 11.4. The molecule has 0 unspecified atom stereocenters. The summed E-state index contributed by atoms with van der Waals surface area (Å²) in [5.74, 6) is -0.819. The highest BCUT2D eigenvalue weighted by Crippen LogP contribution is 2.39. The molecule has 0 radical (unpaired) electrons. The van der Waals surface area contributed by atoms with Crippen LogP contribution in [0.3, 0.4) is 0 Å². The third-order valence-corrected chi connectivity index (χ3v) is 2.86. The minimum Gasteiger partial charge on any atom is -0.478 e. The largest absolute Gasteiger partial charge is 0.478 e. The van der Waals surface area contributed by atoms with Crippen molar-refractivity contribution in [1.29, 1.82) is 0 Å². The number of para-hydroxylation sites is 1. The van der Waals surface area contributed by atoms with Crippen LogP contribution in [0.5, 0.6) is 5.75 Å². The molecule has 0 aromatic heterocycles. The minimum atomic E-state index is -0.958. The molecule has 3 rings (SSSR count). The van der Waals surface area contributed by atoms with Gasteiger partial charge >= 0.3 is 11.9 Å². The Labute approximate surface area is 96.9 Å². The maximum Gasteiger partial charge on any atom is 0.333 e. The Balaban J connectivity index is 2.18. The number of anilines is 1. The first-order valence-corrected chi connectivity index (χ1v) is 5.17. The van der Waals surface area contributed by atoms with E-state index < -0.39 is 5.97 Å². The van der Waals surface area contributed by atoms with Gasteiger partial charge in [0, 0.05) is 5.56 Å². The van der Waals surface area contributed by atoms with E-state index in [1.807, 2.05) is 6.07 Å². The molecule has 1 N–H and O–H groups in total. The number of hydrogen-bond donors (Lipinski definition) is 1. The van der Waals surface area contributed by atoms with E-state index >= 15 is 0 Å². The van der Waals surface area contributed by atoms with Crippen molar-refractivity contribution in [2.24, 2.45) is 0 Å². The van der Waals surface area contributed by atoms with Crippen molar-refractivity contribution >= 4 is 23.7 Å². The first-order chi connectivity index (χ1) is 8.15. The summed E-state index contributed by atoms with van der Waals surface area (Å²) in [4.78, 5) is 24.1. The quantitative estimate of drug-likeness (QED) is 0.574. The Hall–Kier alpha value is -2.30. The van der Waals surface area contributed by atoms with E-state index in [0.29, 0.717) is 5.75 Å². The van der Waals surface area contributed by atoms with E-state index in [-0.39, 0.29) is 24.6 Å². The highest BCUT2D eigenvalue weighted by molar-refractivity contribution is 5.99. The zero-order valence-electron chi connectivity index (χ0n) is 8.84. The van der Waals surface area contributed by atoms with Crippen LogP contribution in [0.2, 0.25) is 0 Å². The van der Waals surface area contributed by atoms with Gasteiger partial charge in [-0.2, -0.15) is 0 Å². The lowest BCUT2D eigenvalue weighted by Gasteiger charge is -2.33. The molecule has 5 nitrogen and oxygen atoms in total. The Morgan fingerprint density at radius 3 is 2.94 bits per heavy atom. The molecule has 0 fully saturated rings. The number of benzene rings is 1. The second-order valence-corrected chi connectivity index (χ2v) is 4.00. The van der Waals surface area contributed by atoms with Crippen molar-refractivity contribution in [3.8, 4) is 5.75 Å². The summed E-state index contributed by atoms with van der Waals surface area (Å²) < 4.78 is 5.12. The Kier molecular flexibility index (Phi) is 1.95. The van der Waals surface area contributed by atoms with Gasteiger partial charge in [-0.1, -0.05) is 12.1 Å². The number of aliphatic carboxylic acids is 1. The normalized spacial score (nSPS) is 17.1. The molecule has 0 saturated heterocycles. The van der Waals surface area contributed by atoms with Crippen LogP contribution in [0.1, 0.15) is 5.56 Å². The van der Waals surface area contributed by atoms with E-state index in [1.54, 1.807) is 23.1 Å². The first kappa shape index (κ1) is 9.89. The van der Waals surface area contributed by atoms with E-state index in [1.165, 1.54) is 0 Å². The van der Waals surface area contributed by atoms with Crippen LogP contribution in [0, 0.1) is 0 Å². The molecule has 17 heavy (non-hydrogen) atoms. The molecule has 1 aromatic rings. The molecule has 0 atom stereocenters. The fourth-order valence-corrected chi connectivity index (χ4v) is 2.17. The van der Waals surface area contributed by atoms with Gasteiger partial charge in [0.25, 0.3) is 0 Å². The van der Waals surface area contributed by atoms with Crippen molar-refractivity contribution in [2.45, 2.75) is 0 Å². The number of carboxylic acids is 1. The standard InChI is InChI=1S/C12H9NO4/c14-10-6-13-5-8(12(15)16)4-7-2-1-3-9(17-10)11(7)13/h1-4H,5-6H2,(H,15,16). The molecule has 0 bridgehead atoms. The average Bonchev–Trinajstić information content (AvgIpc) is 2.28. The number of hydrogen-bond acceptors (Lipinski definition) is 4. The Bertz CT molecular complexity index is 562. The van der Waals surface area contributed by atoms with Crippen molar-refractivity contribution in [2.75, 3.05) is 18.0 Å². The molecule has 0 aliphatic carbocycles. The molecule has 0 saturated carbocycles. The number of esters is 1. The number of rotatable bonds is 1. The highest BCUT2D eigenvalue weighted by atomic mass is 16.5. The highest BCUT2D eigenvalue weighted by Gasteiger charge is 2.30. The van der Waals surface area contributed by atoms with Gasteiger partial charge in [0.05, 0.1) is 17.8 Å². The summed E-state index contributed by atoms with van der Waals surface area (Å²) in [7, 11) is 0. The van der Waals surface area contributed by atoms with Gasteiger partial charge in [-0.15, -0.1) is 0 Å². The van der Waals surface area contributed by atoms with Crippen molar-refractivity contribution in [1.82, 2.24) is 0 Å². The molecule has 2 aliphatic rings. The lowest BCUT2D eigenvalue weighted by Crippen LogP contribution is -2.40. The monoisotopic (exact) mass is 231 g/mol. The van der Waals surface area contributed by atoms with Gasteiger partial charge in [0.15, 0.2) is 5.75 Å². The zero-order valence-corrected chi connectivity index (χ0v) is 8.84. The van der Waals surface area contributed by atoms with Crippen LogP contribution in [-0.2, 0) is 9.59 Å². The molecule has 2 heterocycles. The molecular weight excluding hydrogens is 222 g/mol. The van der Waals surface area contributed by atoms with Crippen LogP contribution >= 0.6 is 0 Å². The first-order valence-electron chi connectivity index (χ1n) is 5.17. The van der Waals surface area contributed by atoms with E-state index in [4.69, 9.17) is 9.84 Å². The zero-order chi connectivity index (χ0) is 12.0. The molecule has 86 valence electrons. The SMILES string of the molecule is O=C1CN2CC(C(=O)O)=Cc3cccc(c32)O1. The van der Waals surface area contributed by atoms with Gasteiger partial charge in [-0.05, 0) is 12.1 Å². The topological polar surface area (TPSA) is 66.8 Å². The summed E-state index contributed by atoms with van der Waals surface area (Å²) in [5.41, 5.74) is 1.86. The number of carbonyl (C=O) groups is 2. The molecule has 2 aliphatic heterocycles. The van der Waals surface area contributed by atoms with Crippen molar-refractivity contribution in [3.63, 3.8) is 0 Å². The van der Waals surface area contributed by atoms with Crippen LogP contribution in [0.4, 0.5) is 5.69 Å². The minimum absolute atomic E-state index is 0.0919. The Morgan fingerprint density at radius 2 is 2.18 bits per heavy atom. The van der Waals surface area contributed by atoms with Gasteiger partial charge in [-0.3, -0.25) is 0 Å². The fourth-order valence-electron chi connectivity index (χ4n) is 2.17. The van der Waals surface area contributed by atoms with E-state index in [0.717, 1.165) is 11.3 Å². The molecule has 5 heteroatoms. The van der Waals surface area contributed by atoms with E-state index in [9.17, 15) is 9.59 Å². The summed E-state index contributed by atoms with van der Waals surface area (Å²) >= 11 is 0. The number of carboxylic acid groups (broad SMARTS) is 1. The summed E-state index contributed by atoms with van der Waals surface area (Å²) in [6.07, 6.45) is 1.62. The summed E-state index contributed by atoms with van der Waals surface area (Å²) in [6.45, 7) is 0.322. The Morgan fingerprint density at radius 1 is 1.35 bits per heavy atom. The lowest BCUT2D eigenvalue weighted by molar-refractivity contribution is -0.134. The molecule has 0 spiro atoms. The third-order valence-electron chi connectivity index (χ3n) is 2.86. The summed E-state index contributed by atoms with van der Waals surface area (Å²) in [6, 6.07) is 5.27. The second kappa shape index (κ2) is 3.35. The molecule has 0 amide bonds. The predicted molar refractivity (Wildman–Crippen MR) is 59.9 cm³/mol. The van der Waals surface area contributed by atoms with Gasteiger partial charge in [0.2, 0.25) is 0 Å². The number of ether oxygens (including phenoxy) is 1. The van der Waals surface area contributed by atoms with E-state index in [2.05, 4.69) is 0 Å². The molecular formula is C12H9NO4. The predicted octanol–water partition coefficient (Wildman–Crippen LogP) is 0.894. The van der Waals surface area contributed by atoms with Crippen LogP contribution in [0.15, 0.2) is 23.8 Å². The maximum absolute atomic E-state index is 11.4. The van der Waals surface area contributed by atoms with Crippen molar-refractivity contribution < 1.29 is 19.4 Å². The van der Waals surface area contributed by atoms with Gasteiger partial charge in [-0.25, -0.2) is 9.59 Å². The lowest BCUT2D eigenvalue weighted by atomic mass is 10.0. The number of nitrogens with zero attached hydrogens (tertiary/aromatic N) is 1. The fraction of sp³-hybridized carbons (Fsp3) is 0.167. The molecule has 1 aromatic carbocycles. The third kappa shape index (κ3) is 1.47. The average molecular weight is 231 g/mol. The van der Waals surface area contributed by atoms with Gasteiger partial charge < -0.3 is 14.7 Å². The van der Waals surface area contributed by atoms with Crippen LogP contribution < -0.4 is 9.64 Å². The number of carbonyl (C=O) groups excluding carboxylic acids is 1. The van der Waals surface area contributed by atoms with Crippen molar-refractivity contribution in [3.05, 3.63) is 29.3 Å².